The van der Waals surface area contributed by atoms with Crippen LogP contribution in [0.4, 0.5) is 30.7 Å². The van der Waals surface area contributed by atoms with E-state index >= 15 is 0 Å². The normalized spacial score (nSPS) is 13.4. The average Bonchev–Trinajstić information content (AvgIpc) is 2.42. The van der Waals surface area contributed by atoms with Gasteiger partial charge in [0.2, 0.25) is 0 Å². The Morgan fingerprint density at radius 1 is 1.12 bits per heavy atom. The van der Waals surface area contributed by atoms with Crippen molar-refractivity contribution in [2.75, 3.05) is 0 Å². The van der Waals surface area contributed by atoms with Gasteiger partial charge in [0.15, 0.2) is 0 Å². The second-order valence-corrected chi connectivity index (χ2v) is 6.58. The summed E-state index contributed by atoms with van der Waals surface area (Å²) in [6, 6.07) is 2.83. The van der Waals surface area contributed by atoms with Gasteiger partial charge in [-0.1, -0.05) is 0 Å². The van der Waals surface area contributed by atoms with Crippen molar-refractivity contribution in [2.45, 2.75) is 18.0 Å². The van der Waals surface area contributed by atoms with E-state index in [1.807, 2.05) is 22.6 Å². The molecule has 0 spiro atoms. The number of amides is 1. The van der Waals surface area contributed by atoms with Gasteiger partial charge in [-0.2, -0.15) is 35.8 Å². The number of alkyl halides is 7. The van der Waals surface area contributed by atoms with E-state index in [0.717, 1.165) is 5.43 Å². The Bertz CT molecular complexity index is 677. The van der Waals surface area contributed by atoms with Gasteiger partial charge in [0.25, 0.3) is 0 Å². The number of hydrogen-bond donors (Lipinski definition) is 2. The highest BCUT2D eigenvalue weighted by molar-refractivity contribution is 14.1. The summed E-state index contributed by atoms with van der Waals surface area (Å²) >= 11 is 3.56. The number of nitrogens with zero attached hydrogens (tertiary/aromatic N) is 1. The van der Waals surface area contributed by atoms with Gasteiger partial charge in [0, 0.05) is 9.13 Å². The SMILES string of the molecule is O=C(NN=Cc1cc(I)cc(I)c1O)C(F)(F)C(F)(F)C(F)(F)F. The average molecular weight is 584 g/mol. The van der Waals surface area contributed by atoms with Crippen molar-refractivity contribution in [1.29, 1.82) is 0 Å². The summed E-state index contributed by atoms with van der Waals surface area (Å²) in [7, 11) is 0. The maximum atomic E-state index is 13.0. The van der Waals surface area contributed by atoms with Crippen LogP contribution in [0.5, 0.6) is 5.75 Å². The number of halogens is 9. The quantitative estimate of drug-likeness (QED) is 0.245. The fraction of sp³-hybridized carbons (Fsp3) is 0.273. The van der Waals surface area contributed by atoms with Crippen LogP contribution in [0.3, 0.4) is 0 Å². The van der Waals surface area contributed by atoms with Crippen LogP contribution < -0.4 is 5.43 Å². The van der Waals surface area contributed by atoms with Gasteiger partial charge in [0.1, 0.15) is 5.75 Å². The van der Waals surface area contributed by atoms with Crippen molar-refractivity contribution >= 4 is 57.3 Å². The molecule has 0 saturated heterocycles. The lowest BCUT2D eigenvalue weighted by molar-refractivity contribution is -0.344. The maximum absolute atomic E-state index is 13.0. The van der Waals surface area contributed by atoms with Crippen molar-refractivity contribution in [2.24, 2.45) is 5.10 Å². The molecule has 1 aromatic carbocycles. The Kier molecular flexibility index (Phi) is 6.32. The minimum absolute atomic E-state index is 0.0718. The highest BCUT2D eigenvalue weighted by Gasteiger charge is 2.76. The maximum Gasteiger partial charge on any atom is 0.460 e. The fourth-order valence-electron chi connectivity index (χ4n) is 1.24. The molecule has 2 N–H and O–H groups in total. The number of nitrogens with one attached hydrogen (secondary N) is 1. The first-order chi connectivity index (χ1) is 10.7. The van der Waals surface area contributed by atoms with Gasteiger partial charge in [-0.05, 0) is 57.3 Å². The molecule has 1 aromatic rings. The summed E-state index contributed by atoms with van der Waals surface area (Å²) < 4.78 is 88.1. The van der Waals surface area contributed by atoms with E-state index in [2.05, 4.69) is 5.10 Å². The van der Waals surface area contributed by atoms with Crippen LogP contribution in [0.2, 0.25) is 0 Å². The lowest BCUT2D eigenvalue weighted by Gasteiger charge is -2.26. The number of phenolic OH excluding ortho intramolecular Hbond substituents is 1. The molecule has 0 fully saturated rings. The molecule has 0 aromatic heterocycles. The van der Waals surface area contributed by atoms with E-state index in [1.54, 1.807) is 22.6 Å². The minimum Gasteiger partial charge on any atom is -0.506 e. The number of hydrogen-bond acceptors (Lipinski definition) is 3. The van der Waals surface area contributed by atoms with E-state index < -0.39 is 23.9 Å². The van der Waals surface area contributed by atoms with E-state index in [4.69, 9.17) is 0 Å². The summed E-state index contributed by atoms with van der Waals surface area (Å²) in [5, 5.41) is 12.5. The van der Waals surface area contributed by atoms with Crippen molar-refractivity contribution < 1.29 is 40.6 Å². The Hall–Kier alpha value is -0.870. The molecule has 0 heterocycles. The van der Waals surface area contributed by atoms with Crippen molar-refractivity contribution in [3.05, 3.63) is 24.8 Å². The van der Waals surface area contributed by atoms with Crippen LogP contribution in [-0.2, 0) is 4.79 Å². The zero-order valence-electron chi connectivity index (χ0n) is 10.9. The van der Waals surface area contributed by atoms with Gasteiger partial charge >= 0.3 is 23.9 Å². The zero-order chi connectivity index (χ0) is 18.9. The number of rotatable bonds is 4. The third-order valence-corrected chi connectivity index (χ3v) is 3.91. The number of carbonyl (C=O) groups is 1. The molecule has 0 aliphatic carbocycles. The van der Waals surface area contributed by atoms with E-state index in [-0.39, 0.29) is 11.3 Å². The first kappa shape index (κ1) is 21.2. The number of carbonyl (C=O) groups excluding carboxylic acids is 1. The minimum atomic E-state index is -6.62. The topological polar surface area (TPSA) is 61.7 Å². The number of phenols is 1. The molecule has 0 atom stereocenters. The molecule has 13 heteroatoms. The van der Waals surface area contributed by atoms with Gasteiger partial charge in [-0.3, -0.25) is 4.79 Å². The molecule has 0 saturated carbocycles. The summed E-state index contributed by atoms with van der Waals surface area (Å²) in [6.45, 7) is 0. The molecule has 1 amide bonds. The van der Waals surface area contributed by atoms with Crippen molar-refractivity contribution in [3.8, 4) is 5.75 Å². The smallest absolute Gasteiger partial charge is 0.460 e. The van der Waals surface area contributed by atoms with E-state index in [1.165, 1.54) is 12.1 Å². The molecule has 0 bridgehead atoms. The van der Waals surface area contributed by atoms with E-state index in [9.17, 15) is 40.6 Å². The highest BCUT2D eigenvalue weighted by Crippen LogP contribution is 2.46. The summed E-state index contributed by atoms with van der Waals surface area (Å²) in [4.78, 5) is 10.9. The van der Waals surface area contributed by atoms with Crippen LogP contribution in [-0.4, -0.2) is 35.2 Å². The fourth-order valence-corrected chi connectivity index (χ4v) is 3.13. The second kappa shape index (κ2) is 7.17. The molecule has 0 radical (unpaired) electrons. The van der Waals surface area contributed by atoms with E-state index in [0.29, 0.717) is 13.4 Å². The lowest BCUT2D eigenvalue weighted by Crippen LogP contribution is -2.58. The van der Waals surface area contributed by atoms with Crippen LogP contribution in [0.25, 0.3) is 0 Å². The Morgan fingerprint density at radius 2 is 1.67 bits per heavy atom. The number of hydrazone groups is 1. The third-order valence-electron chi connectivity index (χ3n) is 2.46. The second-order valence-electron chi connectivity index (χ2n) is 4.17. The van der Waals surface area contributed by atoms with Gasteiger partial charge in [-0.25, -0.2) is 5.43 Å². The van der Waals surface area contributed by atoms with Crippen LogP contribution >= 0.6 is 45.2 Å². The first-order valence-electron chi connectivity index (χ1n) is 5.55. The van der Waals surface area contributed by atoms with Crippen molar-refractivity contribution in [1.82, 2.24) is 5.43 Å². The molecule has 0 aliphatic rings. The van der Waals surface area contributed by atoms with Gasteiger partial charge in [0.05, 0.1) is 9.78 Å². The van der Waals surface area contributed by atoms with Crippen molar-refractivity contribution in [3.63, 3.8) is 0 Å². The predicted molar refractivity (Wildman–Crippen MR) is 85.2 cm³/mol. The summed E-state index contributed by atoms with van der Waals surface area (Å²) in [5.74, 6) is -15.9. The molecular formula is C11H5F7I2N2O2. The number of benzene rings is 1. The van der Waals surface area contributed by atoms with Gasteiger partial charge in [-0.15, -0.1) is 0 Å². The molecule has 4 nitrogen and oxygen atoms in total. The highest BCUT2D eigenvalue weighted by atomic mass is 127. The zero-order valence-corrected chi connectivity index (χ0v) is 15.3. The summed E-state index contributed by atoms with van der Waals surface area (Å²) in [6.07, 6.45) is -6.00. The Labute approximate surface area is 156 Å². The molecule has 0 unspecified atom stereocenters. The molecule has 0 aliphatic heterocycles. The molecule has 24 heavy (non-hydrogen) atoms. The Balaban J connectivity index is 2.97. The molecule has 134 valence electrons. The lowest BCUT2D eigenvalue weighted by atomic mass is 10.1. The first-order valence-corrected chi connectivity index (χ1v) is 7.71. The molecular weight excluding hydrogens is 579 g/mol. The number of aromatic hydroxyl groups is 1. The monoisotopic (exact) mass is 584 g/mol. The van der Waals surface area contributed by atoms with Crippen LogP contribution in [0.1, 0.15) is 5.56 Å². The van der Waals surface area contributed by atoms with Gasteiger partial charge < -0.3 is 5.11 Å². The largest absolute Gasteiger partial charge is 0.506 e. The summed E-state index contributed by atoms with van der Waals surface area (Å²) in [5.41, 5.74) is 0.829. The Morgan fingerprint density at radius 3 is 2.17 bits per heavy atom. The third kappa shape index (κ3) is 4.20. The van der Waals surface area contributed by atoms with Crippen LogP contribution in [0.15, 0.2) is 17.2 Å². The predicted octanol–water partition coefficient (Wildman–Crippen LogP) is 3.88. The molecule has 1 rings (SSSR count). The standard InChI is InChI=1S/C11H5F7I2N2O2/c12-9(13,10(14,15)11(16,17)18)8(24)22-21-3-4-1-5(19)2-6(20)7(4)23/h1-3,23H,(H,22,24). The van der Waals surface area contributed by atoms with Crippen LogP contribution in [0, 0.1) is 7.14 Å².